The van der Waals surface area contributed by atoms with Crippen molar-refractivity contribution in [3.05, 3.63) is 72.8 Å². The molecule has 28 heavy (non-hydrogen) atoms. The van der Waals surface area contributed by atoms with Gasteiger partial charge in [-0.2, -0.15) is 0 Å². The van der Waals surface area contributed by atoms with Crippen molar-refractivity contribution in [1.82, 2.24) is 9.97 Å². The monoisotopic (exact) mass is 380 g/mol. The molecule has 0 unspecified atom stereocenters. The van der Waals surface area contributed by atoms with Crippen LogP contribution >= 0.6 is 11.3 Å². The molecule has 4 heteroatoms. The lowest BCUT2D eigenvalue weighted by molar-refractivity contribution is 0.415. The SMILES string of the molecule is COc1ccc(-c2sc3nc4ccccc4c-3c3[nH]c4ccccc4c23)cc1. The molecule has 134 valence electrons. The number of aromatic nitrogens is 2. The normalized spacial score (nSPS) is 11.8. The Morgan fingerprint density at radius 2 is 1.61 bits per heavy atom. The number of aromatic amines is 1. The third kappa shape index (κ3) is 2.12. The molecule has 1 N–H and O–H groups in total. The highest BCUT2D eigenvalue weighted by Gasteiger charge is 2.22. The highest BCUT2D eigenvalue weighted by molar-refractivity contribution is 7.19. The first-order chi connectivity index (χ1) is 13.8. The molecule has 2 aliphatic rings. The molecule has 0 amide bonds. The highest BCUT2D eigenvalue weighted by atomic mass is 32.1. The summed E-state index contributed by atoms with van der Waals surface area (Å²) in [4.78, 5) is 9.83. The van der Waals surface area contributed by atoms with Crippen molar-refractivity contribution < 1.29 is 4.74 Å². The number of para-hydroxylation sites is 2. The summed E-state index contributed by atoms with van der Waals surface area (Å²) in [5, 5.41) is 4.76. The van der Waals surface area contributed by atoms with E-state index < -0.39 is 0 Å². The first kappa shape index (κ1) is 15.7. The Bertz CT molecular complexity index is 1440. The van der Waals surface area contributed by atoms with Gasteiger partial charge >= 0.3 is 0 Å². The second-order valence-electron chi connectivity index (χ2n) is 6.89. The third-order valence-corrected chi connectivity index (χ3v) is 6.48. The summed E-state index contributed by atoms with van der Waals surface area (Å²) in [6, 6.07) is 25.2. The number of methoxy groups -OCH3 is 1. The van der Waals surface area contributed by atoms with Gasteiger partial charge in [0.25, 0.3) is 0 Å². The summed E-state index contributed by atoms with van der Waals surface area (Å²) in [6.07, 6.45) is 0. The molecule has 0 saturated heterocycles. The Balaban J connectivity index is 1.81. The van der Waals surface area contributed by atoms with Crippen LogP contribution in [0.25, 0.3) is 53.7 Å². The molecular formula is C24H16N2OS. The van der Waals surface area contributed by atoms with Crippen LogP contribution in [-0.2, 0) is 0 Å². The standard InChI is InChI=1S/C24H16N2OS/c1-27-15-12-10-14(11-13-15)23-20-16-6-2-4-8-18(16)25-22(20)21-17-7-3-5-9-19(17)26-24(21)28-23/h2-13,25H,1H3. The second-order valence-corrected chi connectivity index (χ2v) is 7.89. The zero-order chi connectivity index (χ0) is 18.7. The number of hydrogen-bond donors (Lipinski definition) is 1. The molecule has 3 aromatic carbocycles. The van der Waals surface area contributed by atoms with Crippen LogP contribution in [0.15, 0.2) is 72.8 Å². The minimum Gasteiger partial charge on any atom is -0.497 e. The fourth-order valence-corrected chi connectivity index (χ4v) is 5.26. The van der Waals surface area contributed by atoms with E-state index in [2.05, 4.69) is 59.6 Å². The van der Waals surface area contributed by atoms with Gasteiger partial charge in [-0.1, -0.05) is 36.4 Å². The van der Waals surface area contributed by atoms with Gasteiger partial charge in [-0.25, -0.2) is 4.98 Å². The average Bonchev–Trinajstić information content (AvgIpc) is 3.31. The number of ether oxygens (including phenoxy) is 1. The molecule has 0 fully saturated rings. The van der Waals surface area contributed by atoms with Crippen molar-refractivity contribution >= 4 is 44.0 Å². The van der Waals surface area contributed by atoms with Crippen LogP contribution in [0.4, 0.5) is 0 Å². The van der Waals surface area contributed by atoms with E-state index in [0.29, 0.717) is 0 Å². The molecule has 0 aliphatic carbocycles. The maximum absolute atomic E-state index is 5.34. The Morgan fingerprint density at radius 1 is 0.857 bits per heavy atom. The van der Waals surface area contributed by atoms with Gasteiger partial charge in [0, 0.05) is 32.1 Å². The van der Waals surface area contributed by atoms with Gasteiger partial charge in [0.2, 0.25) is 0 Å². The predicted octanol–water partition coefficient (Wildman–Crippen LogP) is 6.71. The van der Waals surface area contributed by atoms with Crippen LogP contribution in [0.3, 0.4) is 0 Å². The average molecular weight is 380 g/mol. The van der Waals surface area contributed by atoms with Crippen molar-refractivity contribution in [3.8, 4) is 26.8 Å². The Morgan fingerprint density at radius 3 is 2.43 bits per heavy atom. The van der Waals surface area contributed by atoms with Gasteiger partial charge in [0.1, 0.15) is 10.8 Å². The van der Waals surface area contributed by atoms with Crippen LogP contribution in [0, 0.1) is 0 Å². The summed E-state index contributed by atoms with van der Waals surface area (Å²) in [5.41, 5.74) is 5.74. The van der Waals surface area contributed by atoms with Crippen molar-refractivity contribution in [1.29, 1.82) is 0 Å². The van der Waals surface area contributed by atoms with Gasteiger partial charge in [0.05, 0.1) is 18.1 Å². The molecule has 0 atom stereocenters. The summed E-state index contributed by atoms with van der Waals surface area (Å²) in [7, 11) is 1.70. The van der Waals surface area contributed by atoms with Crippen molar-refractivity contribution in [3.63, 3.8) is 0 Å². The maximum Gasteiger partial charge on any atom is 0.127 e. The maximum atomic E-state index is 5.34. The first-order valence-corrected chi connectivity index (χ1v) is 10.0. The fourth-order valence-electron chi connectivity index (χ4n) is 4.04. The fraction of sp³-hybridized carbons (Fsp3) is 0.0417. The molecule has 0 saturated carbocycles. The topological polar surface area (TPSA) is 37.9 Å². The molecule has 3 nitrogen and oxygen atoms in total. The predicted molar refractivity (Wildman–Crippen MR) is 118 cm³/mol. The van der Waals surface area contributed by atoms with Crippen LogP contribution in [0.5, 0.6) is 5.75 Å². The van der Waals surface area contributed by atoms with Crippen LogP contribution in [0.1, 0.15) is 0 Å². The molecular weight excluding hydrogens is 364 g/mol. The smallest absolute Gasteiger partial charge is 0.127 e. The van der Waals surface area contributed by atoms with E-state index in [4.69, 9.17) is 9.72 Å². The molecule has 1 aromatic heterocycles. The molecule has 0 bridgehead atoms. The minimum atomic E-state index is 0.863. The van der Waals surface area contributed by atoms with Crippen molar-refractivity contribution in [2.75, 3.05) is 7.11 Å². The minimum absolute atomic E-state index is 0.863. The van der Waals surface area contributed by atoms with Gasteiger partial charge in [-0.15, -0.1) is 11.3 Å². The molecule has 6 rings (SSSR count). The number of benzene rings is 3. The number of fused-ring (bicyclic) bond motifs is 7. The van der Waals surface area contributed by atoms with E-state index in [1.54, 1.807) is 18.4 Å². The summed E-state index contributed by atoms with van der Waals surface area (Å²) in [5.74, 6) is 0.863. The Kier molecular flexibility index (Phi) is 3.25. The Labute approximate surface area is 165 Å². The zero-order valence-corrected chi connectivity index (χ0v) is 16.0. The lowest BCUT2D eigenvalue weighted by Gasteiger charge is -2.09. The lowest BCUT2D eigenvalue weighted by Crippen LogP contribution is -1.85. The van der Waals surface area contributed by atoms with Crippen LogP contribution in [-0.4, -0.2) is 17.1 Å². The second kappa shape index (κ2) is 5.81. The van der Waals surface area contributed by atoms with E-state index in [1.165, 1.54) is 32.2 Å². The summed E-state index contributed by atoms with van der Waals surface area (Å²) < 4.78 is 5.34. The molecule has 0 spiro atoms. The lowest BCUT2D eigenvalue weighted by atomic mass is 10.0. The van der Waals surface area contributed by atoms with E-state index in [9.17, 15) is 0 Å². The van der Waals surface area contributed by atoms with Crippen molar-refractivity contribution in [2.45, 2.75) is 0 Å². The zero-order valence-electron chi connectivity index (χ0n) is 15.2. The molecule has 3 heterocycles. The number of rotatable bonds is 2. The van der Waals surface area contributed by atoms with Crippen molar-refractivity contribution in [2.24, 2.45) is 0 Å². The van der Waals surface area contributed by atoms with E-state index >= 15 is 0 Å². The number of nitrogens with zero attached hydrogens (tertiary/aromatic N) is 1. The Hall–Kier alpha value is -3.37. The quantitative estimate of drug-likeness (QED) is 0.362. The molecule has 0 radical (unpaired) electrons. The number of H-pyrrole nitrogens is 1. The van der Waals surface area contributed by atoms with Crippen LogP contribution in [0.2, 0.25) is 0 Å². The number of hydrogen-bond acceptors (Lipinski definition) is 3. The van der Waals surface area contributed by atoms with Gasteiger partial charge in [0.15, 0.2) is 0 Å². The van der Waals surface area contributed by atoms with Crippen LogP contribution < -0.4 is 4.74 Å². The molecule has 4 aromatic rings. The van der Waals surface area contributed by atoms with E-state index in [-0.39, 0.29) is 0 Å². The first-order valence-electron chi connectivity index (χ1n) is 9.19. The number of nitrogens with one attached hydrogen (secondary N) is 1. The third-order valence-electron chi connectivity index (χ3n) is 5.34. The van der Waals surface area contributed by atoms with Gasteiger partial charge in [-0.3, -0.25) is 0 Å². The van der Waals surface area contributed by atoms with Gasteiger partial charge < -0.3 is 9.72 Å². The van der Waals surface area contributed by atoms with Gasteiger partial charge in [-0.05, 0) is 42.0 Å². The molecule has 2 aliphatic heterocycles. The summed E-state index contributed by atoms with van der Waals surface area (Å²) in [6.45, 7) is 0. The largest absolute Gasteiger partial charge is 0.497 e. The summed E-state index contributed by atoms with van der Waals surface area (Å²) >= 11 is 1.76. The highest BCUT2D eigenvalue weighted by Crippen LogP contribution is 2.48. The van der Waals surface area contributed by atoms with E-state index in [1.807, 2.05) is 18.2 Å². The van der Waals surface area contributed by atoms with E-state index in [0.717, 1.165) is 27.3 Å².